The first-order chi connectivity index (χ1) is 9.24. The van der Waals surface area contributed by atoms with Gasteiger partial charge in [-0.2, -0.15) is 0 Å². The molecule has 0 saturated carbocycles. The van der Waals surface area contributed by atoms with Crippen LogP contribution in [0.2, 0.25) is 0 Å². The zero-order valence-electron chi connectivity index (χ0n) is 13.1. The fourth-order valence-electron chi connectivity index (χ4n) is 1.89. The summed E-state index contributed by atoms with van der Waals surface area (Å²) in [4.78, 5) is 11.9. The number of carbonyl (C=O) groups excluding carboxylic acids is 1. The van der Waals surface area contributed by atoms with Crippen LogP contribution in [-0.4, -0.2) is 5.97 Å². The minimum Gasteiger partial charge on any atom is -0.426 e. The molecule has 0 atom stereocenters. The van der Waals surface area contributed by atoms with Gasteiger partial charge >= 0.3 is 5.97 Å². The molecular formula is C18H24O2. The van der Waals surface area contributed by atoms with E-state index in [1.165, 1.54) is 0 Å². The molecule has 0 saturated heterocycles. The van der Waals surface area contributed by atoms with E-state index >= 15 is 0 Å². The molecule has 1 rings (SSSR count). The van der Waals surface area contributed by atoms with E-state index in [2.05, 4.69) is 6.58 Å². The highest BCUT2D eigenvalue weighted by molar-refractivity contribution is 5.82. The highest BCUT2D eigenvalue weighted by Gasteiger charge is 2.19. The van der Waals surface area contributed by atoms with Crippen LogP contribution in [0.1, 0.15) is 52.2 Å². The van der Waals surface area contributed by atoms with Gasteiger partial charge in [0.05, 0.1) is 6.42 Å². The molecule has 0 amide bonds. The lowest BCUT2D eigenvalue weighted by molar-refractivity contribution is -0.138. The Morgan fingerprint density at radius 3 is 2.30 bits per heavy atom. The van der Waals surface area contributed by atoms with Crippen molar-refractivity contribution in [2.24, 2.45) is 5.41 Å². The SMILES string of the molecule is C=C(OC(=O)CC(C)(C)C)c1ccccc1/C(C)=C\C. The van der Waals surface area contributed by atoms with Gasteiger partial charge in [0.2, 0.25) is 0 Å². The smallest absolute Gasteiger partial charge is 0.311 e. The number of rotatable bonds is 4. The minimum absolute atomic E-state index is 0.0872. The summed E-state index contributed by atoms with van der Waals surface area (Å²) in [5, 5.41) is 0. The quantitative estimate of drug-likeness (QED) is 0.565. The third-order valence-corrected chi connectivity index (χ3v) is 3.00. The van der Waals surface area contributed by atoms with Crippen LogP contribution in [0.4, 0.5) is 0 Å². The van der Waals surface area contributed by atoms with E-state index in [0.717, 1.165) is 16.7 Å². The van der Waals surface area contributed by atoms with Crippen LogP contribution in [0.5, 0.6) is 0 Å². The third-order valence-electron chi connectivity index (χ3n) is 3.00. The Hall–Kier alpha value is -1.83. The fraction of sp³-hybridized carbons (Fsp3) is 0.389. The predicted molar refractivity (Wildman–Crippen MR) is 85.0 cm³/mol. The largest absolute Gasteiger partial charge is 0.426 e. The standard InChI is InChI=1S/C18H24O2/c1-7-13(2)15-10-8-9-11-16(15)14(3)20-17(19)12-18(4,5)6/h7-11H,3,12H2,1-2,4-6H3/b13-7-. The van der Waals surface area contributed by atoms with E-state index < -0.39 is 0 Å². The maximum Gasteiger partial charge on any atom is 0.311 e. The molecule has 2 heteroatoms. The topological polar surface area (TPSA) is 26.3 Å². The number of hydrogen-bond donors (Lipinski definition) is 0. The summed E-state index contributed by atoms with van der Waals surface area (Å²) in [5.74, 6) is 0.173. The molecular weight excluding hydrogens is 248 g/mol. The number of hydrogen-bond acceptors (Lipinski definition) is 2. The van der Waals surface area contributed by atoms with Gasteiger partial charge in [-0.15, -0.1) is 0 Å². The van der Waals surface area contributed by atoms with Crippen LogP contribution < -0.4 is 0 Å². The summed E-state index contributed by atoms with van der Waals surface area (Å²) >= 11 is 0. The molecule has 1 aromatic carbocycles. The lowest BCUT2D eigenvalue weighted by atomic mass is 9.92. The van der Waals surface area contributed by atoms with Gasteiger partial charge in [-0.25, -0.2) is 0 Å². The molecule has 0 spiro atoms. The van der Waals surface area contributed by atoms with Gasteiger partial charge in [0, 0.05) is 5.56 Å². The molecule has 0 aliphatic heterocycles. The van der Waals surface area contributed by atoms with Crippen molar-refractivity contribution in [3.05, 3.63) is 48.0 Å². The highest BCUT2D eigenvalue weighted by atomic mass is 16.5. The number of esters is 1. The van der Waals surface area contributed by atoms with Gasteiger partial charge in [-0.3, -0.25) is 4.79 Å². The van der Waals surface area contributed by atoms with Gasteiger partial charge in [0.25, 0.3) is 0 Å². The van der Waals surface area contributed by atoms with Crippen LogP contribution in [0, 0.1) is 5.41 Å². The zero-order chi connectivity index (χ0) is 15.3. The summed E-state index contributed by atoms with van der Waals surface area (Å²) in [7, 11) is 0. The molecule has 20 heavy (non-hydrogen) atoms. The van der Waals surface area contributed by atoms with E-state index in [4.69, 9.17) is 4.74 Å². The summed E-state index contributed by atoms with van der Waals surface area (Å²) in [6, 6.07) is 7.82. The first kappa shape index (κ1) is 16.2. The minimum atomic E-state index is -0.240. The van der Waals surface area contributed by atoms with E-state index in [1.54, 1.807) is 0 Å². The summed E-state index contributed by atoms with van der Waals surface area (Å²) in [6.45, 7) is 13.9. The maximum atomic E-state index is 11.9. The molecule has 108 valence electrons. The zero-order valence-corrected chi connectivity index (χ0v) is 13.1. The van der Waals surface area contributed by atoms with Crippen molar-refractivity contribution in [3.8, 4) is 0 Å². The molecule has 0 aliphatic rings. The molecule has 0 bridgehead atoms. The van der Waals surface area contributed by atoms with Gasteiger partial charge in [-0.1, -0.05) is 57.7 Å². The molecule has 0 unspecified atom stereocenters. The van der Waals surface area contributed by atoms with Crippen molar-refractivity contribution in [2.75, 3.05) is 0 Å². The molecule has 0 N–H and O–H groups in total. The molecule has 2 nitrogen and oxygen atoms in total. The van der Waals surface area contributed by atoms with Crippen molar-refractivity contribution in [1.29, 1.82) is 0 Å². The number of allylic oxidation sites excluding steroid dienone is 2. The molecule has 0 radical (unpaired) electrons. The first-order valence-electron chi connectivity index (χ1n) is 6.87. The van der Waals surface area contributed by atoms with Gasteiger partial charge in [0.15, 0.2) is 0 Å². The molecule has 0 aliphatic carbocycles. The Morgan fingerprint density at radius 2 is 1.80 bits per heavy atom. The van der Waals surface area contributed by atoms with E-state index in [0.29, 0.717) is 12.2 Å². The van der Waals surface area contributed by atoms with Crippen LogP contribution in [-0.2, 0) is 9.53 Å². The van der Waals surface area contributed by atoms with Gasteiger partial charge in [0.1, 0.15) is 5.76 Å². The Kier molecular flexibility index (Phi) is 5.32. The van der Waals surface area contributed by atoms with Crippen molar-refractivity contribution in [3.63, 3.8) is 0 Å². The molecule has 0 heterocycles. The molecule has 0 fully saturated rings. The Labute approximate surface area is 122 Å². The van der Waals surface area contributed by atoms with Crippen molar-refractivity contribution in [2.45, 2.75) is 41.0 Å². The average molecular weight is 272 g/mol. The predicted octanol–water partition coefficient (Wildman–Crippen LogP) is 5.06. The highest BCUT2D eigenvalue weighted by Crippen LogP contribution is 2.27. The van der Waals surface area contributed by atoms with E-state index in [1.807, 2.05) is 65.0 Å². The van der Waals surface area contributed by atoms with Crippen molar-refractivity contribution < 1.29 is 9.53 Å². The fourth-order valence-corrected chi connectivity index (χ4v) is 1.89. The second kappa shape index (κ2) is 6.56. The lowest BCUT2D eigenvalue weighted by Gasteiger charge is -2.18. The molecule has 1 aromatic rings. The van der Waals surface area contributed by atoms with Crippen molar-refractivity contribution in [1.82, 2.24) is 0 Å². The monoisotopic (exact) mass is 272 g/mol. The average Bonchev–Trinajstić information content (AvgIpc) is 2.35. The van der Waals surface area contributed by atoms with Crippen LogP contribution in [0.15, 0.2) is 36.9 Å². The summed E-state index contributed by atoms with van der Waals surface area (Å²) in [5.41, 5.74) is 2.96. The number of carbonyl (C=O) groups is 1. The van der Waals surface area contributed by atoms with Gasteiger partial charge < -0.3 is 4.74 Å². The second-order valence-electron chi connectivity index (χ2n) is 6.15. The second-order valence-corrected chi connectivity index (χ2v) is 6.15. The number of ether oxygens (including phenoxy) is 1. The Bertz CT molecular complexity index is 531. The van der Waals surface area contributed by atoms with E-state index in [-0.39, 0.29) is 11.4 Å². The molecule has 0 aromatic heterocycles. The van der Waals surface area contributed by atoms with Gasteiger partial charge in [-0.05, 0) is 30.4 Å². The summed E-state index contributed by atoms with van der Waals surface area (Å²) < 4.78 is 5.39. The Balaban J connectivity index is 2.91. The van der Waals surface area contributed by atoms with Crippen molar-refractivity contribution >= 4 is 17.3 Å². The lowest BCUT2D eigenvalue weighted by Crippen LogP contribution is -2.15. The van der Waals surface area contributed by atoms with Crippen LogP contribution >= 0.6 is 0 Å². The normalized spacial score (nSPS) is 12.2. The van der Waals surface area contributed by atoms with Crippen LogP contribution in [0.25, 0.3) is 11.3 Å². The summed E-state index contributed by atoms with van der Waals surface area (Å²) in [6.07, 6.45) is 2.40. The van der Waals surface area contributed by atoms with E-state index in [9.17, 15) is 4.79 Å². The number of benzene rings is 1. The van der Waals surface area contributed by atoms with Crippen LogP contribution in [0.3, 0.4) is 0 Å². The Morgan fingerprint density at radius 1 is 1.25 bits per heavy atom. The third kappa shape index (κ3) is 4.69. The first-order valence-corrected chi connectivity index (χ1v) is 6.87. The maximum absolute atomic E-state index is 11.9.